The third kappa shape index (κ3) is 31.7. The average molecular weight is 1280 g/mol. The van der Waals surface area contributed by atoms with E-state index in [1.54, 1.807) is 52.7 Å². The first kappa shape index (κ1) is 79.9. The average Bonchev–Trinajstić information content (AvgIpc) is 3.39. The van der Waals surface area contributed by atoms with Gasteiger partial charge in [0.25, 0.3) is 0 Å². The lowest BCUT2D eigenvalue weighted by atomic mass is 9.78. The molecule has 4 aromatic carbocycles. The Morgan fingerprint density at radius 3 is 0.948 bits per heavy atom. The van der Waals surface area contributed by atoms with Crippen molar-refractivity contribution in [1.29, 1.82) is 1.28 Å². The van der Waals surface area contributed by atoms with Gasteiger partial charge in [0.05, 0.1) is 116 Å². The Kier molecular flexibility index (Phi) is 51.4. The quantitative estimate of drug-likeness (QED) is 0.0167. The SMILES string of the molecule is C.C.C.C=COCC.CCOC(C)OCc1cc(OC)c(B(O)O)c(OC)c1.CCOC(C)OCc1cc(OC)c(Br)c(OC)c1.COc1cc(CO)cc(OC)c1B(O)O.COc1cc(CO)cc(OC)c1Br.[3H][P+](P)=S. The summed E-state index contributed by atoms with van der Waals surface area (Å²) in [6.07, 6.45) is 0.885. The lowest BCUT2D eigenvalue weighted by Gasteiger charge is -2.17. The van der Waals surface area contributed by atoms with Gasteiger partial charge in [0.15, 0.2) is 31.4 Å². The lowest BCUT2D eigenvalue weighted by Crippen LogP contribution is -2.32. The third-order valence-corrected chi connectivity index (χ3v) is 10.7. The molecule has 77 heavy (non-hydrogen) atoms. The van der Waals surface area contributed by atoms with E-state index < -0.39 is 21.2 Å². The Morgan fingerprint density at radius 1 is 0.532 bits per heavy atom. The highest BCUT2D eigenvalue weighted by molar-refractivity contribution is 9.11. The first-order valence-electron chi connectivity index (χ1n) is 22.7. The number of aliphatic hydroxyl groups is 2. The molecule has 0 fully saturated rings. The molecule has 0 spiro atoms. The molecule has 440 valence electrons. The van der Waals surface area contributed by atoms with Crippen molar-refractivity contribution in [2.75, 3.05) is 76.7 Å². The molecular formula is C51H87B2Br2O19P2S+. The minimum atomic E-state index is -1.68. The number of hydrogen-bond acceptors (Lipinski definition) is 20. The maximum absolute atomic E-state index is 9.37. The topological polar surface area (TPSA) is 241 Å². The molecule has 4 aromatic rings. The molecule has 4 atom stereocenters. The fourth-order valence-electron chi connectivity index (χ4n) is 5.80. The molecule has 0 aliphatic rings. The predicted octanol–water partition coefficient (Wildman–Crippen LogP) is 8.47. The fourth-order valence-corrected chi connectivity index (χ4v) is 6.91. The Labute approximate surface area is 486 Å². The largest absolute Gasteiger partial charge is 0.502 e. The van der Waals surface area contributed by atoms with Gasteiger partial charge in [-0.1, -0.05) is 28.9 Å². The molecule has 0 aromatic heterocycles. The van der Waals surface area contributed by atoms with Crippen LogP contribution in [0.3, 0.4) is 0 Å². The van der Waals surface area contributed by atoms with Gasteiger partial charge in [-0.15, -0.1) is 0 Å². The smallest absolute Gasteiger partial charge is 0.496 e. The van der Waals surface area contributed by atoms with Crippen LogP contribution in [0.5, 0.6) is 46.0 Å². The van der Waals surface area contributed by atoms with Gasteiger partial charge in [-0.2, -0.15) is 0 Å². The molecule has 0 saturated heterocycles. The van der Waals surface area contributed by atoms with Crippen LogP contribution in [0.15, 0.2) is 70.3 Å². The molecule has 0 saturated carbocycles. The molecule has 6 N–H and O–H groups in total. The normalized spacial score (nSPS) is 10.6. The standard InChI is InChI=1S/C13H21BO6.C13H19BrO4.C9H13BO5.C9H11BrO3.C4H8O.3CH4.H2P2S/c1-5-19-9(2)20-8-10-6-11(17-3)13(14(15)16)12(7-10)18-4;1-5-17-9(2)18-8-10-6-11(15-3)13(14)12(7-10)16-4;1-14-7-3-6(5-11)4-8(15-2)9(7)10(12)13;1-12-7-3-6(5-11)4-8(13-2)9(7)10;1-3-5-4-2;;;;1-2-3/h6-7,9,15-16H,5,8H2,1-4H3;6-7,9H,5,8H2,1-4H3;3-4,11-13H,5H2,1-2H3;3-4,11H,5H2,1-2H3;3H,1,4H2,2H3;3*1H4;1H2/p+1/i/hT. The summed E-state index contributed by atoms with van der Waals surface area (Å²) in [7, 11) is 10.9. The van der Waals surface area contributed by atoms with Gasteiger partial charge in [0.2, 0.25) is 0 Å². The van der Waals surface area contributed by atoms with E-state index in [-0.39, 0.29) is 70.5 Å². The van der Waals surface area contributed by atoms with Gasteiger partial charge in [-0.3, -0.25) is 0 Å². The monoisotopic (exact) mass is 1280 g/mol. The maximum Gasteiger partial charge on any atom is 0.496 e. The van der Waals surface area contributed by atoms with Crippen LogP contribution in [0.1, 0.15) is 79.2 Å². The van der Waals surface area contributed by atoms with Gasteiger partial charge in [-0.25, -0.2) is 0 Å². The Hall–Kier alpha value is -3.54. The molecule has 0 aliphatic carbocycles. The van der Waals surface area contributed by atoms with E-state index in [1.807, 2.05) is 46.8 Å². The van der Waals surface area contributed by atoms with E-state index >= 15 is 0 Å². The number of aliphatic hydroxyl groups excluding tert-OH is 2. The van der Waals surface area contributed by atoms with E-state index in [0.717, 1.165) is 43.7 Å². The second-order valence-corrected chi connectivity index (χ2v) is 18.2. The second kappa shape index (κ2) is 49.5. The summed E-state index contributed by atoms with van der Waals surface area (Å²) in [6, 6.07) is 13.7. The summed E-state index contributed by atoms with van der Waals surface area (Å²) in [5.41, 5.74) is 3.44. The Morgan fingerprint density at radius 2 is 0.766 bits per heavy atom. The third-order valence-electron chi connectivity index (χ3n) is 9.16. The number of hydrogen-bond donors (Lipinski definition) is 6. The first-order valence-corrected chi connectivity index (χ1v) is 27.4. The minimum absolute atomic E-state index is 0. The van der Waals surface area contributed by atoms with Crippen LogP contribution in [0.25, 0.3) is 0 Å². The molecule has 4 unspecified atom stereocenters. The van der Waals surface area contributed by atoms with Crippen molar-refractivity contribution < 1.29 is 91.9 Å². The van der Waals surface area contributed by atoms with Crippen molar-refractivity contribution in [3.05, 3.63) is 92.6 Å². The molecule has 4 rings (SSSR count). The van der Waals surface area contributed by atoms with E-state index in [9.17, 15) is 10.0 Å². The van der Waals surface area contributed by atoms with Crippen LogP contribution in [0.2, 0.25) is 0 Å². The predicted molar refractivity (Wildman–Crippen MR) is 324 cm³/mol. The van der Waals surface area contributed by atoms with Crippen LogP contribution >= 0.6 is 47.8 Å². The van der Waals surface area contributed by atoms with E-state index in [1.165, 1.54) is 46.8 Å². The van der Waals surface area contributed by atoms with Crippen molar-refractivity contribution in [2.24, 2.45) is 0 Å². The van der Waals surface area contributed by atoms with Crippen molar-refractivity contribution in [3.8, 4) is 46.0 Å². The first-order chi connectivity index (χ1) is 35.6. The van der Waals surface area contributed by atoms with Crippen molar-refractivity contribution in [2.45, 2.75) is 95.9 Å². The minimum Gasteiger partial charge on any atom is -0.502 e. The van der Waals surface area contributed by atoms with E-state index in [0.29, 0.717) is 55.0 Å². The zero-order valence-corrected chi connectivity index (χ0v) is 50.4. The van der Waals surface area contributed by atoms with Crippen LogP contribution in [-0.2, 0) is 61.9 Å². The van der Waals surface area contributed by atoms with E-state index in [4.69, 9.17) is 78.4 Å². The summed E-state index contributed by atoms with van der Waals surface area (Å²) in [6.45, 7) is 14.4. The highest BCUT2D eigenvalue weighted by Gasteiger charge is 2.25. The van der Waals surface area contributed by atoms with E-state index in [2.05, 4.69) is 63.9 Å². The van der Waals surface area contributed by atoms with Crippen LogP contribution in [0.4, 0.5) is 0 Å². The summed E-state index contributed by atoms with van der Waals surface area (Å²) >= 11 is 11.1. The highest BCUT2D eigenvalue weighted by atomic mass is 79.9. The number of methoxy groups -OCH3 is 8. The molecular weight excluding hydrogens is 1190 g/mol. The van der Waals surface area contributed by atoms with Crippen molar-refractivity contribution in [3.63, 3.8) is 0 Å². The van der Waals surface area contributed by atoms with Gasteiger partial charge in [-0.05, 0) is 137 Å². The molecule has 0 radical (unpaired) electrons. The number of halogens is 2. The molecule has 0 amide bonds. The van der Waals surface area contributed by atoms with Gasteiger partial charge in [0.1, 0.15) is 54.9 Å². The van der Waals surface area contributed by atoms with Crippen molar-refractivity contribution in [1.82, 2.24) is 0 Å². The number of benzene rings is 4. The summed E-state index contributed by atoms with van der Waals surface area (Å²) in [5.74, 6) is 3.96. The van der Waals surface area contributed by atoms with Crippen molar-refractivity contribution >= 4 is 84.7 Å². The molecule has 26 heteroatoms. The zero-order chi connectivity index (χ0) is 57.6. The Balaban J connectivity index is -0.000000287. The van der Waals surface area contributed by atoms with Crippen LogP contribution in [-0.4, -0.2) is 135 Å². The molecule has 19 nitrogen and oxygen atoms in total. The van der Waals surface area contributed by atoms with Gasteiger partial charge >= 0.3 is 15.5 Å². The Bertz CT molecular complexity index is 2120. The van der Waals surface area contributed by atoms with Crippen LogP contribution < -0.4 is 48.8 Å². The lowest BCUT2D eigenvalue weighted by molar-refractivity contribution is -0.134. The fraction of sp³-hybridized carbons (Fsp3) is 0.490. The molecule has 0 aliphatic heterocycles. The zero-order valence-electron chi connectivity index (χ0n) is 45.3. The second-order valence-electron chi connectivity index (χ2n) is 13.9. The molecule has 0 bridgehead atoms. The van der Waals surface area contributed by atoms with Gasteiger partial charge in [0, 0.05) is 13.2 Å². The number of rotatable bonds is 24. The number of ether oxygens (including phenoxy) is 13. The summed E-state index contributed by atoms with van der Waals surface area (Å²) in [4.78, 5) is 0. The summed E-state index contributed by atoms with van der Waals surface area (Å²) in [5, 5.41) is 54.9. The summed E-state index contributed by atoms with van der Waals surface area (Å²) < 4.78 is 75.2. The van der Waals surface area contributed by atoms with Gasteiger partial charge < -0.3 is 91.9 Å². The molecule has 0 heterocycles. The maximum atomic E-state index is 9.37. The highest BCUT2D eigenvalue weighted by Crippen LogP contribution is 2.37. The van der Waals surface area contributed by atoms with Crippen LogP contribution in [0, 0.1) is 0 Å².